The Morgan fingerprint density at radius 1 is 0.609 bits per heavy atom. The van der Waals surface area contributed by atoms with Gasteiger partial charge in [0.15, 0.2) is 6.29 Å². The molecule has 1 aliphatic rings. The quantitative estimate of drug-likeness (QED) is 0.0193. The van der Waals surface area contributed by atoms with E-state index in [1.54, 1.807) is 6.08 Å². The fourth-order valence-electron chi connectivity index (χ4n) is 8.69. The van der Waals surface area contributed by atoms with Crippen molar-refractivity contribution in [3.05, 3.63) is 12.2 Å². The zero-order valence-corrected chi connectivity index (χ0v) is 41.7. The normalized spacial score (nSPS) is 20.3. The molecule has 0 aromatic heterocycles. The van der Waals surface area contributed by atoms with Gasteiger partial charge in [0.25, 0.3) is 0 Å². The number of amides is 1. The minimum atomic E-state index is -5.08. The summed E-state index contributed by atoms with van der Waals surface area (Å²) in [5.74, 6) is -0.258. The van der Waals surface area contributed by atoms with Gasteiger partial charge in [-0.1, -0.05) is 238 Å². The molecular weight excluding hydrogens is 835 g/mol. The molecule has 12 nitrogen and oxygen atoms in total. The van der Waals surface area contributed by atoms with Crippen LogP contribution in [0.4, 0.5) is 0 Å². The highest BCUT2D eigenvalue weighted by Crippen LogP contribution is 2.26. The van der Waals surface area contributed by atoms with E-state index in [1.165, 1.54) is 186 Å². The van der Waals surface area contributed by atoms with Crippen LogP contribution >= 0.6 is 0 Å². The highest BCUT2D eigenvalue weighted by atomic mass is 32.3. The van der Waals surface area contributed by atoms with Crippen molar-refractivity contribution in [2.45, 2.75) is 294 Å². The number of carbonyl (C=O) groups excluding carboxylic acids is 1. The third-order valence-corrected chi connectivity index (χ3v) is 13.3. The van der Waals surface area contributed by atoms with Gasteiger partial charge in [0.2, 0.25) is 5.91 Å². The molecule has 0 aliphatic carbocycles. The molecule has 1 saturated heterocycles. The molecule has 1 fully saturated rings. The third-order valence-electron chi connectivity index (χ3n) is 12.8. The van der Waals surface area contributed by atoms with Gasteiger partial charge in [0, 0.05) is 6.42 Å². The summed E-state index contributed by atoms with van der Waals surface area (Å²) in [6.07, 6.45) is 39.8. The Kier molecular flexibility index (Phi) is 39.9. The van der Waals surface area contributed by atoms with E-state index in [9.17, 15) is 38.2 Å². The number of aliphatic hydroxyl groups is 4. The van der Waals surface area contributed by atoms with Gasteiger partial charge >= 0.3 is 10.4 Å². The zero-order chi connectivity index (χ0) is 46.9. The molecule has 0 saturated carbocycles. The maximum Gasteiger partial charge on any atom is 0.397 e. The van der Waals surface area contributed by atoms with E-state index in [1.807, 2.05) is 6.08 Å². The predicted octanol–water partition coefficient (Wildman–Crippen LogP) is 11.5. The lowest BCUT2D eigenvalue weighted by atomic mass is 9.99. The van der Waals surface area contributed by atoms with Gasteiger partial charge in [-0.15, -0.1) is 0 Å². The van der Waals surface area contributed by atoms with Crippen LogP contribution in [-0.2, 0) is 28.9 Å². The number of unbranched alkanes of at least 4 members (excludes halogenated alkanes) is 34. The second kappa shape index (κ2) is 42.0. The Morgan fingerprint density at radius 2 is 0.984 bits per heavy atom. The molecule has 64 heavy (non-hydrogen) atoms. The average Bonchev–Trinajstić information content (AvgIpc) is 3.27. The van der Waals surface area contributed by atoms with Crippen molar-refractivity contribution in [2.24, 2.45) is 0 Å². The van der Waals surface area contributed by atoms with Crippen LogP contribution in [0.2, 0.25) is 0 Å². The van der Waals surface area contributed by atoms with Gasteiger partial charge in [-0.2, -0.15) is 8.42 Å². The average molecular weight is 934 g/mol. The van der Waals surface area contributed by atoms with E-state index >= 15 is 0 Å². The van der Waals surface area contributed by atoms with E-state index in [0.717, 1.165) is 38.5 Å². The van der Waals surface area contributed by atoms with Gasteiger partial charge < -0.3 is 35.2 Å². The summed E-state index contributed by atoms with van der Waals surface area (Å²) in [6.45, 7) is 3.40. The van der Waals surface area contributed by atoms with Crippen LogP contribution < -0.4 is 5.32 Å². The smallest absolute Gasteiger partial charge is 0.394 e. The van der Waals surface area contributed by atoms with Crippen molar-refractivity contribution >= 4 is 16.3 Å². The van der Waals surface area contributed by atoms with Crippen molar-refractivity contribution in [3.63, 3.8) is 0 Å². The summed E-state index contributed by atoms with van der Waals surface area (Å²) in [4.78, 5) is 13.1. The second-order valence-electron chi connectivity index (χ2n) is 18.8. The van der Waals surface area contributed by atoms with E-state index in [2.05, 4.69) is 23.3 Å². The van der Waals surface area contributed by atoms with Crippen molar-refractivity contribution in [3.8, 4) is 0 Å². The van der Waals surface area contributed by atoms with Crippen LogP contribution in [0, 0.1) is 0 Å². The van der Waals surface area contributed by atoms with Crippen LogP contribution in [0.1, 0.15) is 251 Å². The maximum atomic E-state index is 13.1. The number of hydrogen-bond donors (Lipinski definition) is 6. The number of ether oxygens (including phenoxy) is 2. The summed E-state index contributed by atoms with van der Waals surface area (Å²) in [6, 6.07) is -0.938. The molecule has 0 spiro atoms. The monoisotopic (exact) mass is 934 g/mol. The number of aliphatic hydroxyl groups excluding tert-OH is 4. The molecular formula is C51H99NO11S. The van der Waals surface area contributed by atoms with Gasteiger partial charge in [-0.3, -0.25) is 9.35 Å². The first kappa shape index (κ1) is 60.9. The molecule has 7 unspecified atom stereocenters. The van der Waals surface area contributed by atoms with E-state index in [0.29, 0.717) is 6.42 Å². The Hall–Kier alpha value is -1.16. The first-order chi connectivity index (χ1) is 31.0. The molecule has 7 atom stereocenters. The number of nitrogens with one attached hydrogen (secondary N) is 1. The van der Waals surface area contributed by atoms with Crippen LogP contribution in [0.3, 0.4) is 0 Å². The molecule has 6 N–H and O–H groups in total. The van der Waals surface area contributed by atoms with Gasteiger partial charge in [0.05, 0.1) is 25.4 Å². The summed E-state index contributed by atoms with van der Waals surface area (Å²) in [7, 11) is -5.08. The number of allylic oxidation sites excluding steroid dienone is 1. The number of rotatable bonds is 46. The Morgan fingerprint density at radius 3 is 1.36 bits per heavy atom. The topological polar surface area (TPSA) is 192 Å². The summed E-state index contributed by atoms with van der Waals surface area (Å²) >= 11 is 0. The first-order valence-corrected chi connectivity index (χ1v) is 27.9. The van der Waals surface area contributed by atoms with Gasteiger partial charge in [-0.05, 0) is 19.3 Å². The SMILES string of the molecule is CCCCCCCCCCCC/C=C/C(O)C(COC1OC(CO)C(O)C(OS(=O)(=O)O)C1O)NC(=O)CCCCCCCCCCCCCCCCCCCCCCCCCCC. The van der Waals surface area contributed by atoms with Crippen molar-refractivity contribution < 1.29 is 51.8 Å². The fraction of sp³-hybridized carbons (Fsp3) is 0.941. The highest BCUT2D eigenvalue weighted by molar-refractivity contribution is 7.80. The first-order valence-electron chi connectivity index (χ1n) is 26.6. The highest BCUT2D eigenvalue weighted by Gasteiger charge is 2.48. The molecule has 380 valence electrons. The lowest BCUT2D eigenvalue weighted by molar-refractivity contribution is -0.298. The van der Waals surface area contributed by atoms with Crippen molar-refractivity contribution in [1.29, 1.82) is 0 Å². The molecule has 1 rings (SSSR count). The molecule has 0 aromatic rings. The minimum absolute atomic E-state index is 0.258. The molecule has 1 aliphatic heterocycles. The molecule has 0 radical (unpaired) electrons. The lowest BCUT2D eigenvalue weighted by Crippen LogP contribution is -2.61. The lowest BCUT2D eigenvalue weighted by Gasteiger charge is -2.41. The number of hydrogen-bond acceptors (Lipinski definition) is 10. The fourth-order valence-corrected chi connectivity index (χ4v) is 9.20. The number of carbonyl (C=O) groups is 1. The minimum Gasteiger partial charge on any atom is -0.394 e. The van der Waals surface area contributed by atoms with Crippen LogP contribution in [0.25, 0.3) is 0 Å². The third kappa shape index (κ3) is 34.2. The Bertz CT molecular complexity index is 1190. The molecule has 1 amide bonds. The Labute approximate surface area is 391 Å². The second-order valence-corrected chi connectivity index (χ2v) is 19.9. The molecule has 1 heterocycles. The summed E-state index contributed by atoms with van der Waals surface area (Å²) in [5.41, 5.74) is 0. The van der Waals surface area contributed by atoms with E-state index in [-0.39, 0.29) is 18.9 Å². The molecule has 0 bridgehead atoms. The van der Waals surface area contributed by atoms with Crippen molar-refractivity contribution in [2.75, 3.05) is 13.2 Å². The van der Waals surface area contributed by atoms with Gasteiger partial charge in [-0.25, -0.2) is 4.18 Å². The summed E-state index contributed by atoms with van der Waals surface area (Å²) < 4.78 is 47.7. The van der Waals surface area contributed by atoms with E-state index < -0.39 is 59.9 Å². The Balaban J connectivity index is 2.33. The largest absolute Gasteiger partial charge is 0.397 e. The maximum absolute atomic E-state index is 13.1. The summed E-state index contributed by atoms with van der Waals surface area (Å²) in [5, 5.41) is 44.8. The van der Waals surface area contributed by atoms with Gasteiger partial charge in [0.1, 0.15) is 24.4 Å². The zero-order valence-electron chi connectivity index (χ0n) is 40.9. The van der Waals surface area contributed by atoms with Crippen LogP contribution in [0.15, 0.2) is 12.2 Å². The van der Waals surface area contributed by atoms with Crippen LogP contribution in [0.5, 0.6) is 0 Å². The van der Waals surface area contributed by atoms with Crippen LogP contribution in [-0.4, -0.2) is 95.4 Å². The standard InChI is InChI=1S/C51H99NO11S/c1-3-5-7-9-11-13-15-17-18-19-20-21-22-23-24-25-26-27-28-29-31-33-35-37-39-41-47(55)52-44(45(54)40-38-36-34-32-30-16-14-12-10-8-6-4-2)43-61-51-49(57)50(63-64(58,59)60)48(56)46(42-53)62-51/h38,40,44-46,48-51,53-54,56-57H,3-37,39,41-43H2,1-2H3,(H,52,55)(H,58,59,60)/b40-38+. The molecule has 0 aromatic carbocycles. The van der Waals surface area contributed by atoms with Crippen molar-refractivity contribution in [1.82, 2.24) is 5.32 Å². The molecule has 13 heteroatoms. The van der Waals surface area contributed by atoms with E-state index in [4.69, 9.17) is 9.47 Å². The predicted molar refractivity (Wildman–Crippen MR) is 259 cm³/mol.